The van der Waals surface area contributed by atoms with Gasteiger partial charge in [0.2, 0.25) is 0 Å². The fraction of sp³-hybridized carbons (Fsp3) is 0.125. The molecule has 0 unspecified atom stereocenters. The molecule has 3 aromatic rings. The van der Waals surface area contributed by atoms with Crippen molar-refractivity contribution >= 4 is 16.6 Å². The van der Waals surface area contributed by atoms with Gasteiger partial charge in [0.05, 0.1) is 5.52 Å². The summed E-state index contributed by atoms with van der Waals surface area (Å²) >= 11 is 0. The Morgan fingerprint density at radius 1 is 1.06 bits per heavy atom. The molecule has 2 nitrogen and oxygen atoms in total. The van der Waals surface area contributed by atoms with Crippen molar-refractivity contribution in [2.45, 2.75) is 13.5 Å². The third-order valence-corrected chi connectivity index (χ3v) is 3.23. The molecule has 18 heavy (non-hydrogen) atoms. The Balaban J connectivity index is 2.02. The predicted molar refractivity (Wildman–Crippen MR) is 76.6 cm³/mol. The van der Waals surface area contributed by atoms with Gasteiger partial charge in [0, 0.05) is 18.4 Å². The summed E-state index contributed by atoms with van der Waals surface area (Å²) in [5.74, 6) is 0. The quantitative estimate of drug-likeness (QED) is 0.677. The molecule has 0 atom stereocenters. The summed E-state index contributed by atoms with van der Waals surface area (Å²) in [5.41, 5.74) is 10.5. The van der Waals surface area contributed by atoms with Gasteiger partial charge in [-0.25, -0.2) is 0 Å². The lowest BCUT2D eigenvalue weighted by Gasteiger charge is -2.07. The first-order chi connectivity index (χ1) is 8.72. The summed E-state index contributed by atoms with van der Waals surface area (Å²) in [6, 6.07) is 16.8. The van der Waals surface area contributed by atoms with Gasteiger partial charge in [0.25, 0.3) is 0 Å². The van der Waals surface area contributed by atoms with Crippen molar-refractivity contribution in [3.05, 3.63) is 65.9 Å². The third-order valence-electron chi connectivity index (χ3n) is 3.23. The first kappa shape index (κ1) is 10.9. The number of hydrogen-bond acceptors (Lipinski definition) is 1. The van der Waals surface area contributed by atoms with E-state index in [1.165, 1.54) is 22.0 Å². The van der Waals surface area contributed by atoms with Crippen LogP contribution < -0.4 is 5.73 Å². The fourth-order valence-electron chi connectivity index (χ4n) is 2.35. The minimum atomic E-state index is 0.812. The Hall–Kier alpha value is -2.22. The van der Waals surface area contributed by atoms with Crippen molar-refractivity contribution in [2.24, 2.45) is 0 Å². The van der Waals surface area contributed by atoms with Gasteiger partial charge in [-0.1, -0.05) is 35.9 Å². The lowest BCUT2D eigenvalue weighted by atomic mass is 10.1. The summed E-state index contributed by atoms with van der Waals surface area (Å²) in [5, 5.41) is 1.23. The van der Waals surface area contributed by atoms with Crippen LogP contribution in [0.15, 0.2) is 54.7 Å². The van der Waals surface area contributed by atoms with Crippen LogP contribution in [0.3, 0.4) is 0 Å². The molecule has 0 saturated heterocycles. The monoisotopic (exact) mass is 236 g/mol. The van der Waals surface area contributed by atoms with E-state index in [1.807, 2.05) is 12.1 Å². The molecule has 0 aliphatic heterocycles. The van der Waals surface area contributed by atoms with Crippen molar-refractivity contribution in [3.63, 3.8) is 0 Å². The molecule has 1 heterocycles. The Morgan fingerprint density at radius 2 is 1.94 bits per heavy atom. The second kappa shape index (κ2) is 4.22. The van der Waals surface area contributed by atoms with Crippen LogP contribution in [0.4, 0.5) is 5.69 Å². The minimum Gasteiger partial charge on any atom is -0.399 e. The summed E-state index contributed by atoms with van der Waals surface area (Å²) in [7, 11) is 0. The highest BCUT2D eigenvalue weighted by atomic mass is 14.9. The Morgan fingerprint density at radius 3 is 2.78 bits per heavy atom. The molecule has 0 fully saturated rings. The van der Waals surface area contributed by atoms with E-state index in [4.69, 9.17) is 5.73 Å². The Bertz CT molecular complexity index is 695. The van der Waals surface area contributed by atoms with Gasteiger partial charge in [0.15, 0.2) is 0 Å². The highest BCUT2D eigenvalue weighted by Gasteiger charge is 2.02. The summed E-state index contributed by atoms with van der Waals surface area (Å²) < 4.78 is 2.24. The second-order valence-electron chi connectivity index (χ2n) is 4.75. The van der Waals surface area contributed by atoms with E-state index in [2.05, 4.69) is 54.1 Å². The van der Waals surface area contributed by atoms with Crippen LogP contribution in [-0.4, -0.2) is 4.57 Å². The van der Waals surface area contributed by atoms with Crippen molar-refractivity contribution in [1.29, 1.82) is 0 Å². The van der Waals surface area contributed by atoms with E-state index in [0.717, 1.165) is 12.2 Å². The maximum atomic E-state index is 5.86. The maximum Gasteiger partial charge on any atom is 0.0504 e. The van der Waals surface area contributed by atoms with Crippen molar-refractivity contribution in [2.75, 3.05) is 5.73 Å². The van der Waals surface area contributed by atoms with E-state index in [9.17, 15) is 0 Å². The Labute approximate surface area is 107 Å². The van der Waals surface area contributed by atoms with Gasteiger partial charge >= 0.3 is 0 Å². The number of rotatable bonds is 2. The fourth-order valence-corrected chi connectivity index (χ4v) is 2.35. The zero-order valence-corrected chi connectivity index (χ0v) is 10.4. The van der Waals surface area contributed by atoms with Crippen LogP contribution in [0.5, 0.6) is 0 Å². The Kier molecular flexibility index (Phi) is 2.56. The van der Waals surface area contributed by atoms with Gasteiger partial charge in [-0.3, -0.25) is 0 Å². The number of anilines is 1. The van der Waals surface area contributed by atoms with Crippen LogP contribution in [-0.2, 0) is 6.54 Å². The molecule has 2 aromatic carbocycles. The van der Waals surface area contributed by atoms with Gasteiger partial charge < -0.3 is 10.3 Å². The molecule has 3 rings (SSSR count). The molecule has 0 spiro atoms. The van der Waals surface area contributed by atoms with Gasteiger partial charge in [0.1, 0.15) is 0 Å². The average Bonchev–Trinajstić information content (AvgIpc) is 2.72. The third kappa shape index (κ3) is 1.97. The first-order valence-corrected chi connectivity index (χ1v) is 6.12. The van der Waals surface area contributed by atoms with E-state index in [1.54, 1.807) is 0 Å². The largest absolute Gasteiger partial charge is 0.399 e. The predicted octanol–water partition coefficient (Wildman–Crippen LogP) is 3.58. The normalized spacial score (nSPS) is 10.9. The zero-order valence-electron chi connectivity index (χ0n) is 10.4. The molecular weight excluding hydrogens is 220 g/mol. The number of aryl methyl sites for hydroxylation is 1. The lowest BCUT2D eigenvalue weighted by Crippen LogP contribution is -1.98. The molecule has 0 amide bonds. The van der Waals surface area contributed by atoms with Crippen molar-refractivity contribution < 1.29 is 0 Å². The number of fused-ring (bicyclic) bond motifs is 1. The van der Waals surface area contributed by atoms with Crippen molar-refractivity contribution in [1.82, 2.24) is 4.57 Å². The zero-order chi connectivity index (χ0) is 12.5. The summed E-state index contributed by atoms with van der Waals surface area (Å²) in [6.45, 7) is 3.00. The van der Waals surface area contributed by atoms with E-state index >= 15 is 0 Å². The number of aromatic nitrogens is 1. The van der Waals surface area contributed by atoms with Crippen LogP contribution in [0, 0.1) is 6.92 Å². The molecule has 0 bridgehead atoms. The van der Waals surface area contributed by atoms with Crippen LogP contribution in [0.2, 0.25) is 0 Å². The van der Waals surface area contributed by atoms with Gasteiger partial charge in [-0.05, 0) is 36.1 Å². The lowest BCUT2D eigenvalue weighted by molar-refractivity contribution is 0.836. The standard InChI is InChI=1S/C16H16N2/c1-12-3-2-4-13(9-12)11-18-8-7-14-5-6-15(17)10-16(14)18/h2-10H,11,17H2,1H3. The van der Waals surface area contributed by atoms with Gasteiger partial charge in [-0.15, -0.1) is 0 Å². The first-order valence-electron chi connectivity index (χ1n) is 6.12. The number of nitrogens with two attached hydrogens (primary N) is 1. The molecule has 0 radical (unpaired) electrons. The molecule has 90 valence electrons. The number of nitrogen functional groups attached to an aromatic ring is 1. The number of benzene rings is 2. The SMILES string of the molecule is Cc1cccc(Cn2ccc3ccc(N)cc32)c1. The molecule has 1 aromatic heterocycles. The highest BCUT2D eigenvalue weighted by Crippen LogP contribution is 2.20. The number of nitrogens with zero attached hydrogens (tertiary/aromatic N) is 1. The number of hydrogen-bond donors (Lipinski definition) is 1. The molecule has 0 aliphatic rings. The van der Waals surface area contributed by atoms with E-state index in [-0.39, 0.29) is 0 Å². The summed E-state index contributed by atoms with van der Waals surface area (Å²) in [6.07, 6.45) is 2.12. The van der Waals surface area contributed by atoms with Crippen molar-refractivity contribution in [3.8, 4) is 0 Å². The molecule has 2 N–H and O–H groups in total. The van der Waals surface area contributed by atoms with Crippen LogP contribution in [0.25, 0.3) is 10.9 Å². The van der Waals surface area contributed by atoms with Crippen LogP contribution in [0.1, 0.15) is 11.1 Å². The smallest absolute Gasteiger partial charge is 0.0504 e. The second-order valence-corrected chi connectivity index (χ2v) is 4.75. The molecule has 0 saturated carbocycles. The molecule has 0 aliphatic carbocycles. The molecule has 2 heteroatoms. The summed E-state index contributed by atoms with van der Waals surface area (Å²) in [4.78, 5) is 0. The molecular formula is C16H16N2. The van der Waals surface area contributed by atoms with Crippen LogP contribution >= 0.6 is 0 Å². The highest BCUT2D eigenvalue weighted by molar-refractivity contribution is 5.83. The van der Waals surface area contributed by atoms with E-state index in [0.29, 0.717) is 0 Å². The maximum absolute atomic E-state index is 5.86. The average molecular weight is 236 g/mol. The topological polar surface area (TPSA) is 30.9 Å². The van der Waals surface area contributed by atoms with E-state index < -0.39 is 0 Å². The van der Waals surface area contributed by atoms with Gasteiger partial charge in [-0.2, -0.15) is 0 Å². The minimum absolute atomic E-state index is 0.812.